The van der Waals surface area contributed by atoms with Gasteiger partial charge in [-0.05, 0) is 31.5 Å². The first-order valence-electron chi connectivity index (χ1n) is 5.26. The summed E-state index contributed by atoms with van der Waals surface area (Å²) >= 11 is 0. The fourth-order valence-corrected chi connectivity index (χ4v) is 2.15. The summed E-state index contributed by atoms with van der Waals surface area (Å²) < 4.78 is 0. The second-order valence-corrected chi connectivity index (χ2v) is 4.20. The zero-order valence-electron chi connectivity index (χ0n) is 9.36. The number of amides is 2. The standard InChI is InChI=1S/C12H14N2O2/c1-7(2)14-10-5-3-4-8(12(13)16)9(10)6-11(14)15/h3-5,7H,6H2,1-2H3,(H2,13,16). The molecule has 0 spiro atoms. The molecular weight excluding hydrogens is 204 g/mol. The van der Waals surface area contributed by atoms with Crippen LogP contribution in [-0.2, 0) is 11.2 Å². The van der Waals surface area contributed by atoms with E-state index in [1.165, 1.54) is 0 Å². The summed E-state index contributed by atoms with van der Waals surface area (Å²) in [6.45, 7) is 3.90. The van der Waals surface area contributed by atoms with Gasteiger partial charge in [0.25, 0.3) is 0 Å². The van der Waals surface area contributed by atoms with Crippen molar-refractivity contribution in [1.82, 2.24) is 0 Å². The summed E-state index contributed by atoms with van der Waals surface area (Å²) in [5.41, 5.74) is 7.31. The molecule has 2 rings (SSSR count). The van der Waals surface area contributed by atoms with Crippen LogP contribution in [0.2, 0.25) is 0 Å². The minimum Gasteiger partial charge on any atom is -0.366 e. The molecule has 0 saturated heterocycles. The van der Waals surface area contributed by atoms with Crippen molar-refractivity contribution in [2.24, 2.45) is 5.73 Å². The quantitative estimate of drug-likeness (QED) is 0.807. The van der Waals surface area contributed by atoms with Crippen LogP contribution in [0.15, 0.2) is 18.2 Å². The third-order valence-electron chi connectivity index (χ3n) is 2.79. The van der Waals surface area contributed by atoms with Crippen LogP contribution >= 0.6 is 0 Å². The van der Waals surface area contributed by atoms with Crippen molar-refractivity contribution in [3.8, 4) is 0 Å². The van der Waals surface area contributed by atoms with Gasteiger partial charge in [0, 0.05) is 17.3 Å². The molecule has 2 N–H and O–H groups in total. The summed E-state index contributed by atoms with van der Waals surface area (Å²) in [7, 11) is 0. The van der Waals surface area contributed by atoms with E-state index in [2.05, 4.69) is 0 Å². The summed E-state index contributed by atoms with van der Waals surface area (Å²) in [5, 5.41) is 0. The second kappa shape index (κ2) is 3.63. The number of carbonyl (C=O) groups excluding carboxylic acids is 2. The molecule has 1 aliphatic heterocycles. The zero-order chi connectivity index (χ0) is 11.9. The Balaban J connectivity index is 2.57. The maximum Gasteiger partial charge on any atom is 0.249 e. The van der Waals surface area contributed by atoms with Gasteiger partial charge in [0.15, 0.2) is 0 Å². The minimum absolute atomic E-state index is 0.0266. The zero-order valence-corrected chi connectivity index (χ0v) is 9.36. The van der Waals surface area contributed by atoms with E-state index < -0.39 is 5.91 Å². The van der Waals surface area contributed by atoms with Gasteiger partial charge in [-0.3, -0.25) is 9.59 Å². The van der Waals surface area contributed by atoms with E-state index in [0.29, 0.717) is 5.56 Å². The molecule has 0 aromatic heterocycles. The molecule has 0 radical (unpaired) electrons. The summed E-state index contributed by atoms with van der Waals surface area (Å²) in [6.07, 6.45) is 0.270. The maximum absolute atomic E-state index is 11.8. The molecule has 4 nitrogen and oxygen atoms in total. The predicted octanol–water partition coefficient (Wildman–Crippen LogP) is 1.08. The molecule has 0 atom stereocenters. The van der Waals surface area contributed by atoms with Crippen LogP contribution in [0.25, 0.3) is 0 Å². The van der Waals surface area contributed by atoms with E-state index in [1.807, 2.05) is 19.9 Å². The molecule has 0 unspecified atom stereocenters. The fraction of sp³-hybridized carbons (Fsp3) is 0.333. The van der Waals surface area contributed by atoms with Crippen LogP contribution in [0, 0.1) is 0 Å². The number of primary amides is 1. The number of nitrogens with zero attached hydrogens (tertiary/aromatic N) is 1. The Labute approximate surface area is 94.0 Å². The van der Waals surface area contributed by atoms with E-state index in [4.69, 9.17) is 5.73 Å². The van der Waals surface area contributed by atoms with E-state index in [1.54, 1.807) is 17.0 Å². The molecule has 84 valence electrons. The highest BCUT2D eigenvalue weighted by Crippen LogP contribution is 2.32. The number of rotatable bonds is 2. The Kier molecular flexibility index (Phi) is 2.42. The number of fused-ring (bicyclic) bond motifs is 1. The van der Waals surface area contributed by atoms with Gasteiger partial charge in [-0.1, -0.05) is 6.07 Å². The normalized spacial score (nSPS) is 14.4. The predicted molar refractivity (Wildman–Crippen MR) is 61.3 cm³/mol. The highest BCUT2D eigenvalue weighted by atomic mass is 16.2. The Morgan fingerprint density at radius 3 is 2.69 bits per heavy atom. The number of anilines is 1. The van der Waals surface area contributed by atoms with Gasteiger partial charge >= 0.3 is 0 Å². The van der Waals surface area contributed by atoms with E-state index >= 15 is 0 Å². The SMILES string of the molecule is CC(C)N1C(=O)Cc2c(C(N)=O)cccc21. The molecule has 0 fully saturated rings. The van der Waals surface area contributed by atoms with Crippen molar-refractivity contribution in [2.75, 3.05) is 4.90 Å². The van der Waals surface area contributed by atoms with Crippen molar-refractivity contribution in [3.63, 3.8) is 0 Å². The first-order valence-corrected chi connectivity index (χ1v) is 5.26. The Morgan fingerprint density at radius 1 is 1.44 bits per heavy atom. The molecule has 1 aliphatic rings. The summed E-state index contributed by atoms with van der Waals surface area (Å²) in [5.74, 6) is -0.450. The highest BCUT2D eigenvalue weighted by molar-refractivity contribution is 6.06. The third-order valence-corrected chi connectivity index (χ3v) is 2.79. The van der Waals surface area contributed by atoms with E-state index in [9.17, 15) is 9.59 Å². The average molecular weight is 218 g/mol. The van der Waals surface area contributed by atoms with Crippen LogP contribution in [-0.4, -0.2) is 17.9 Å². The smallest absolute Gasteiger partial charge is 0.249 e. The first-order chi connectivity index (χ1) is 7.52. The van der Waals surface area contributed by atoms with Gasteiger partial charge in [0.2, 0.25) is 11.8 Å². The Hall–Kier alpha value is -1.84. The van der Waals surface area contributed by atoms with Gasteiger partial charge in [0.05, 0.1) is 6.42 Å². The molecule has 1 aromatic carbocycles. The monoisotopic (exact) mass is 218 g/mol. The number of hydrogen-bond acceptors (Lipinski definition) is 2. The van der Waals surface area contributed by atoms with Gasteiger partial charge in [0.1, 0.15) is 0 Å². The van der Waals surface area contributed by atoms with Gasteiger partial charge < -0.3 is 10.6 Å². The molecule has 0 aliphatic carbocycles. The van der Waals surface area contributed by atoms with Crippen molar-refractivity contribution in [3.05, 3.63) is 29.3 Å². The molecule has 2 amide bonds. The van der Waals surface area contributed by atoms with Gasteiger partial charge in [-0.25, -0.2) is 0 Å². The van der Waals surface area contributed by atoms with Crippen molar-refractivity contribution in [1.29, 1.82) is 0 Å². The lowest BCUT2D eigenvalue weighted by molar-refractivity contribution is -0.117. The number of benzene rings is 1. The third kappa shape index (κ3) is 1.46. The number of nitrogens with two attached hydrogens (primary N) is 1. The minimum atomic E-state index is -0.477. The molecule has 0 saturated carbocycles. The lowest BCUT2D eigenvalue weighted by Gasteiger charge is -2.21. The van der Waals surface area contributed by atoms with Crippen molar-refractivity contribution >= 4 is 17.5 Å². The number of carbonyl (C=O) groups is 2. The second-order valence-electron chi connectivity index (χ2n) is 4.20. The van der Waals surface area contributed by atoms with Gasteiger partial charge in [-0.2, -0.15) is 0 Å². The summed E-state index contributed by atoms with van der Waals surface area (Å²) in [6, 6.07) is 5.37. The summed E-state index contributed by atoms with van der Waals surface area (Å²) in [4.78, 5) is 24.8. The van der Waals surface area contributed by atoms with Crippen LogP contribution in [0.5, 0.6) is 0 Å². The molecule has 1 aromatic rings. The van der Waals surface area contributed by atoms with Crippen LogP contribution in [0.3, 0.4) is 0 Å². The fourth-order valence-electron chi connectivity index (χ4n) is 2.15. The molecule has 16 heavy (non-hydrogen) atoms. The number of hydrogen-bond donors (Lipinski definition) is 1. The molecule has 0 bridgehead atoms. The first kappa shape index (κ1) is 10.7. The Morgan fingerprint density at radius 2 is 2.12 bits per heavy atom. The lowest BCUT2D eigenvalue weighted by Crippen LogP contribution is -2.33. The van der Waals surface area contributed by atoms with Crippen molar-refractivity contribution < 1.29 is 9.59 Å². The molecular formula is C12H14N2O2. The van der Waals surface area contributed by atoms with E-state index in [0.717, 1.165) is 11.3 Å². The lowest BCUT2D eigenvalue weighted by atomic mass is 10.0. The highest BCUT2D eigenvalue weighted by Gasteiger charge is 2.31. The van der Waals surface area contributed by atoms with Crippen molar-refractivity contribution in [2.45, 2.75) is 26.3 Å². The average Bonchev–Trinajstić information content (AvgIpc) is 2.52. The molecule has 4 heteroatoms. The largest absolute Gasteiger partial charge is 0.366 e. The maximum atomic E-state index is 11.8. The molecule has 1 heterocycles. The topological polar surface area (TPSA) is 63.4 Å². The van der Waals surface area contributed by atoms with Crippen LogP contribution < -0.4 is 10.6 Å². The van der Waals surface area contributed by atoms with Gasteiger partial charge in [-0.15, -0.1) is 0 Å². The van der Waals surface area contributed by atoms with Crippen LogP contribution in [0.4, 0.5) is 5.69 Å². The van der Waals surface area contributed by atoms with Crippen LogP contribution in [0.1, 0.15) is 29.8 Å². The Bertz CT molecular complexity index is 466. The van der Waals surface area contributed by atoms with E-state index in [-0.39, 0.29) is 18.4 Å².